The molecule has 1 unspecified atom stereocenters. The van der Waals surface area contributed by atoms with Gasteiger partial charge in [0.1, 0.15) is 11.5 Å². The summed E-state index contributed by atoms with van der Waals surface area (Å²) in [4.78, 5) is 29.0. The summed E-state index contributed by atoms with van der Waals surface area (Å²) >= 11 is 0. The predicted octanol–water partition coefficient (Wildman–Crippen LogP) is 1.59. The molecule has 0 saturated heterocycles. The lowest BCUT2D eigenvalue weighted by Gasteiger charge is -2.31. The Morgan fingerprint density at radius 3 is 2.76 bits per heavy atom. The number of carbonyl (C=O) groups excluding carboxylic acids is 2. The van der Waals surface area contributed by atoms with Crippen LogP contribution in [0.15, 0.2) is 41.0 Å². The van der Waals surface area contributed by atoms with Gasteiger partial charge in [-0.3, -0.25) is 14.6 Å². The first-order valence-electron chi connectivity index (χ1n) is 8.42. The van der Waals surface area contributed by atoms with Crippen LogP contribution < -0.4 is 15.8 Å². The van der Waals surface area contributed by atoms with E-state index >= 15 is 0 Å². The van der Waals surface area contributed by atoms with Crippen LogP contribution in [-0.4, -0.2) is 31.7 Å². The lowest BCUT2D eigenvalue weighted by atomic mass is 9.74. The fraction of sp³-hybridized carbons (Fsp3) is 0.421. The van der Waals surface area contributed by atoms with E-state index in [-0.39, 0.29) is 24.2 Å². The van der Waals surface area contributed by atoms with Gasteiger partial charge < -0.3 is 15.8 Å². The number of methoxy groups -OCH3 is 1. The number of primary amides is 1. The molecule has 0 spiro atoms. The monoisotopic (exact) mass is 341 g/mol. The number of hydrogen-bond donors (Lipinski definition) is 2. The van der Waals surface area contributed by atoms with Gasteiger partial charge in [0.25, 0.3) is 5.91 Å². The average molecular weight is 341 g/mol. The number of carbonyl (C=O) groups is 2. The molecule has 3 rings (SSSR count). The Labute approximate surface area is 147 Å². The minimum absolute atomic E-state index is 0.195. The third kappa shape index (κ3) is 3.43. The number of amides is 2. The van der Waals surface area contributed by atoms with Crippen molar-refractivity contribution in [3.63, 3.8) is 0 Å². The number of rotatable bonds is 6. The van der Waals surface area contributed by atoms with E-state index in [1.54, 1.807) is 14.2 Å². The van der Waals surface area contributed by atoms with E-state index in [1.807, 2.05) is 30.3 Å². The highest BCUT2D eigenvalue weighted by Crippen LogP contribution is 2.51. The van der Waals surface area contributed by atoms with Gasteiger partial charge in [-0.2, -0.15) is 0 Å². The van der Waals surface area contributed by atoms with Crippen LogP contribution in [-0.2, 0) is 16.0 Å². The summed E-state index contributed by atoms with van der Waals surface area (Å²) in [6.45, 7) is 0. The summed E-state index contributed by atoms with van der Waals surface area (Å²) in [6.07, 6.45) is 4.58. The van der Waals surface area contributed by atoms with Crippen molar-refractivity contribution < 1.29 is 14.3 Å². The van der Waals surface area contributed by atoms with Crippen LogP contribution in [0, 0.1) is 11.3 Å². The highest BCUT2D eigenvalue weighted by Gasteiger charge is 2.51. The van der Waals surface area contributed by atoms with Crippen molar-refractivity contribution in [2.45, 2.75) is 25.7 Å². The van der Waals surface area contributed by atoms with E-state index in [4.69, 9.17) is 10.5 Å². The second kappa shape index (κ2) is 6.70. The summed E-state index contributed by atoms with van der Waals surface area (Å²) in [5.41, 5.74) is 7.02. The van der Waals surface area contributed by atoms with Crippen molar-refractivity contribution in [2.75, 3.05) is 14.2 Å². The van der Waals surface area contributed by atoms with E-state index in [1.165, 1.54) is 0 Å². The van der Waals surface area contributed by atoms with E-state index < -0.39 is 5.41 Å². The van der Waals surface area contributed by atoms with Crippen molar-refractivity contribution in [3.05, 3.63) is 41.6 Å². The standard InChI is InChI=1S/C19H23N3O3/c1-21-17(23)16-11-19(18(20)24,13-6-7-13)10-14(22-16)8-12-4-3-5-15(9-12)25-2/h3-5,9-10,13H,6-8,11H2,1-2H3,(H2,20,24)(H,21,23). The molecular weight excluding hydrogens is 318 g/mol. The fourth-order valence-corrected chi connectivity index (χ4v) is 3.45. The molecule has 1 aliphatic carbocycles. The number of nitrogens with one attached hydrogen (secondary N) is 1. The number of benzene rings is 1. The maximum Gasteiger partial charge on any atom is 0.265 e. The molecule has 1 heterocycles. The molecule has 0 radical (unpaired) electrons. The van der Waals surface area contributed by atoms with Crippen molar-refractivity contribution >= 4 is 17.5 Å². The molecule has 0 bridgehead atoms. The second-order valence-electron chi connectivity index (χ2n) is 6.66. The quantitative estimate of drug-likeness (QED) is 0.823. The fourth-order valence-electron chi connectivity index (χ4n) is 3.45. The maximum absolute atomic E-state index is 12.3. The normalized spacial score (nSPS) is 22.6. The SMILES string of the molecule is CNC(=O)C1=NC(Cc2cccc(OC)c2)=CC(C(N)=O)(C2CC2)C1. The van der Waals surface area contributed by atoms with Gasteiger partial charge in [0, 0.05) is 25.6 Å². The maximum atomic E-state index is 12.3. The van der Waals surface area contributed by atoms with E-state index in [2.05, 4.69) is 10.3 Å². The van der Waals surface area contributed by atoms with Crippen LogP contribution in [0.3, 0.4) is 0 Å². The number of ether oxygens (including phenoxy) is 1. The zero-order chi connectivity index (χ0) is 18.0. The van der Waals surface area contributed by atoms with E-state index in [0.29, 0.717) is 17.8 Å². The first-order chi connectivity index (χ1) is 12.0. The second-order valence-corrected chi connectivity index (χ2v) is 6.66. The van der Waals surface area contributed by atoms with Crippen molar-refractivity contribution in [2.24, 2.45) is 22.1 Å². The summed E-state index contributed by atoms with van der Waals surface area (Å²) < 4.78 is 5.25. The molecule has 1 aromatic carbocycles. The smallest absolute Gasteiger partial charge is 0.265 e. The number of nitrogens with two attached hydrogens (primary N) is 1. The highest BCUT2D eigenvalue weighted by molar-refractivity contribution is 6.39. The first kappa shape index (κ1) is 17.2. The molecule has 2 amide bonds. The first-order valence-corrected chi connectivity index (χ1v) is 8.42. The molecule has 6 nitrogen and oxygen atoms in total. The van der Waals surface area contributed by atoms with Crippen molar-refractivity contribution in [3.8, 4) is 5.75 Å². The molecule has 1 aromatic rings. The van der Waals surface area contributed by atoms with Crippen LogP contribution >= 0.6 is 0 Å². The van der Waals surface area contributed by atoms with Gasteiger partial charge >= 0.3 is 0 Å². The van der Waals surface area contributed by atoms with Gasteiger partial charge in [-0.25, -0.2) is 0 Å². The van der Waals surface area contributed by atoms with Gasteiger partial charge in [-0.05, 0) is 42.5 Å². The lowest BCUT2D eigenvalue weighted by Crippen LogP contribution is -2.44. The van der Waals surface area contributed by atoms with Crippen molar-refractivity contribution in [1.82, 2.24) is 5.32 Å². The van der Waals surface area contributed by atoms with E-state index in [0.717, 1.165) is 24.2 Å². The molecule has 1 aliphatic heterocycles. The minimum atomic E-state index is -0.808. The average Bonchev–Trinajstić information content (AvgIpc) is 3.46. The zero-order valence-corrected chi connectivity index (χ0v) is 14.5. The molecule has 6 heteroatoms. The summed E-state index contributed by atoms with van der Waals surface area (Å²) in [6, 6.07) is 7.67. The largest absolute Gasteiger partial charge is 0.497 e. The predicted molar refractivity (Wildman–Crippen MR) is 95.3 cm³/mol. The highest BCUT2D eigenvalue weighted by atomic mass is 16.5. The Bertz CT molecular complexity index is 765. The van der Waals surface area contributed by atoms with Crippen LogP contribution in [0.5, 0.6) is 5.75 Å². The Morgan fingerprint density at radius 2 is 2.16 bits per heavy atom. The number of nitrogens with zero attached hydrogens (tertiary/aromatic N) is 1. The third-order valence-corrected chi connectivity index (χ3v) is 4.94. The van der Waals surface area contributed by atoms with Crippen molar-refractivity contribution in [1.29, 1.82) is 0 Å². The van der Waals surface area contributed by atoms with Crippen LogP contribution in [0.4, 0.5) is 0 Å². The van der Waals surface area contributed by atoms with Gasteiger partial charge in [0.2, 0.25) is 5.91 Å². The Kier molecular flexibility index (Phi) is 4.61. The van der Waals surface area contributed by atoms with Gasteiger partial charge in [0.05, 0.1) is 12.5 Å². The van der Waals surface area contributed by atoms with Crippen LogP contribution in [0.1, 0.15) is 24.8 Å². The number of allylic oxidation sites excluding steroid dienone is 1. The Hall–Kier alpha value is -2.63. The van der Waals surface area contributed by atoms with Gasteiger partial charge in [-0.1, -0.05) is 12.1 Å². The molecule has 0 aromatic heterocycles. The molecule has 1 saturated carbocycles. The Morgan fingerprint density at radius 1 is 1.40 bits per heavy atom. The minimum Gasteiger partial charge on any atom is -0.497 e. The molecule has 2 aliphatic rings. The molecular formula is C19H23N3O3. The number of hydrogen-bond acceptors (Lipinski definition) is 4. The molecule has 132 valence electrons. The molecule has 1 atom stereocenters. The number of aliphatic imine (C=N–C) groups is 1. The third-order valence-electron chi connectivity index (χ3n) is 4.94. The summed E-state index contributed by atoms with van der Waals surface area (Å²) in [5, 5.41) is 2.60. The molecule has 25 heavy (non-hydrogen) atoms. The Balaban J connectivity index is 1.97. The van der Waals surface area contributed by atoms with E-state index in [9.17, 15) is 9.59 Å². The molecule has 3 N–H and O–H groups in total. The van der Waals surface area contributed by atoms with Gasteiger partial charge in [-0.15, -0.1) is 0 Å². The topological polar surface area (TPSA) is 93.8 Å². The van der Waals surface area contributed by atoms with Crippen LogP contribution in [0.2, 0.25) is 0 Å². The zero-order valence-electron chi connectivity index (χ0n) is 14.5. The lowest BCUT2D eigenvalue weighted by molar-refractivity contribution is -0.126. The molecule has 1 fully saturated rings. The van der Waals surface area contributed by atoms with Crippen LogP contribution in [0.25, 0.3) is 0 Å². The summed E-state index contributed by atoms with van der Waals surface area (Å²) in [5.74, 6) is 0.310. The summed E-state index contributed by atoms with van der Waals surface area (Å²) in [7, 11) is 3.18. The van der Waals surface area contributed by atoms with Gasteiger partial charge in [0.15, 0.2) is 0 Å².